The minimum absolute atomic E-state index is 0.247. The third kappa shape index (κ3) is 3.37. The van der Waals surface area contributed by atoms with E-state index in [1.807, 2.05) is 0 Å². The Bertz CT molecular complexity index is 395. The van der Waals surface area contributed by atoms with Crippen LogP contribution < -0.4 is 5.32 Å². The number of nitrogens with zero attached hydrogens (tertiary/aromatic N) is 1. The van der Waals surface area contributed by atoms with Crippen LogP contribution in [0.5, 0.6) is 0 Å². The van der Waals surface area contributed by atoms with E-state index in [0.29, 0.717) is 5.82 Å². The van der Waals surface area contributed by atoms with E-state index in [9.17, 15) is 13.2 Å². The molecule has 0 spiro atoms. The van der Waals surface area contributed by atoms with Crippen LogP contribution in [0, 0.1) is 5.92 Å². The zero-order valence-electron chi connectivity index (χ0n) is 10.3. The van der Waals surface area contributed by atoms with Crippen LogP contribution in [0.25, 0.3) is 0 Å². The first kappa shape index (κ1) is 13.2. The van der Waals surface area contributed by atoms with Crippen molar-refractivity contribution in [3.63, 3.8) is 0 Å². The number of aromatic nitrogens is 1. The molecular weight excluding hydrogens is 241 g/mol. The van der Waals surface area contributed by atoms with Crippen molar-refractivity contribution in [3.05, 3.63) is 23.9 Å². The van der Waals surface area contributed by atoms with Gasteiger partial charge in [0.2, 0.25) is 0 Å². The fraction of sp³-hybridized carbons (Fsp3) is 0.615. The molecule has 1 aromatic rings. The summed E-state index contributed by atoms with van der Waals surface area (Å²) in [6.45, 7) is 2.21. The first-order valence-electron chi connectivity index (χ1n) is 6.25. The van der Waals surface area contributed by atoms with Gasteiger partial charge in [-0.3, -0.25) is 0 Å². The molecule has 0 aliphatic heterocycles. The molecule has 1 aromatic heterocycles. The Morgan fingerprint density at radius 3 is 2.50 bits per heavy atom. The van der Waals surface area contributed by atoms with Gasteiger partial charge >= 0.3 is 6.18 Å². The van der Waals surface area contributed by atoms with E-state index in [2.05, 4.69) is 17.2 Å². The summed E-state index contributed by atoms with van der Waals surface area (Å²) in [5.74, 6) is 1.04. The lowest BCUT2D eigenvalue weighted by Gasteiger charge is -2.27. The molecule has 1 N–H and O–H groups in total. The van der Waals surface area contributed by atoms with Gasteiger partial charge in [-0.05, 0) is 43.7 Å². The normalized spacial score (nSPS) is 24.9. The van der Waals surface area contributed by atoms with Crippen LogP contribution in [0.2, 0.25) is 0 Å². The fourth-order valence-electron chi connectivity index (χ4n) is 2.30. The lowest BCUT2D eigenvalue weighted by molar-refractivity contribution is -0.137. The molecule has 100 valence electrons. The summed E-state index contributed by atoms with van der Waals surface area (Å²) >= 11 is 0. The average molecular weight is 258 g/mol. The van der Waals surface area contributed by atoms with Crippen LogP contribution in [0.1, 0.15) is 38.2 Å². The van der Waals surface area contributed by atoms with E-state index in [0.717, 1.165) is 43.7 Å². The summed E-state index contributed by atoms with van der Waals surface area (Å²) in [6, 6.07) is 2.32. The minimum Gasteiger partial charge on any atom is -0.367 e. The summed E-state index contributed by atoms with van der Waals surface area (Å²) in [5, 5.41) is 3.10. The Morgan fingerprint density at radius 2 is 1.89 bits per heavy atom. The quantitative estimate of drug-likeness (QED) is 0.864. The van der Waals surface area contributed by atoms with Crippen molar-refractivity contribution in [2.24, 2.45) is 5.92 Å². The highest BCUT2D eigenvalue weighted by molar-refractivity contribution is 5.39. The summed E-state index contributed by atoms with van der Waals surface area (Å²) in [6.07, 6.45) is 1.14. The second kappa shape index (κ2) is 5.16. The number of alkyl halides is 3. The van der Waals surface area contributed by atoms with Crippen molar-refractivity contribution in [1.82, 2.24) is 4.98 Å². The second-order valence-electron chi connectivity index (χ2n) is 5.03. The van der Waals surface area contributed by atoms with E-state index in [-0.39, 0.29) is 6.04 Å². The van der Waals surface area contributed by atoms with Crippen LogP contribution in [0.15, 0.2) is 18.3 Å². The predicted molar refractivity (Wildman–Crippen MR) is 64.3 cm³/mol. The maximum atomic E-state index is 12.5. The molecule has 0 radical (unpaired) electrons. The molecule has 0 bridgehead atoms. The average Bonchev–Trinajstić information content (AvgIpc) is 2.31. The standard InChI is InChI=1S/C13H17F3N2/c1-9-2-4-11(5-3-9)18-12-8-10(6-7-17-12)13(14,15)16/h6-9,11H,2-5H2,1H3,(H,17,18). The lowest BCUT2D eigenvalue weighted by atomic mass is 9.87. The lowest BCUT2D eigenvalue weighted by Crippen LogP contribution is -2.25. The molecule has 2 nitrogen and oxygen atoms in total. The number of rotatable bonds is 2. The SMILES string of the molecule is CC1CCC(Nc2cc(C(F)(F)F)ccn2)CC1. The van der Waals surface area contributed by atoms with Crippen LogP contribution in [-0.4, -0.2) is 11.0 Å². The van der Waals surface area contributed by atoms with Crippen molar-refractivity contribution in [2.75, 3.05) is 5.32 Å². The van der Waals surface area contributed by atoms with Crippen LogP contribution in [0.3, 0.4) is 0 Å². The number of anilines is 1. The first-order valence-corrected chi connectivity index (χ1v) is 6.25. The van der Waals surface area contributed by atoms with E-state index < -0.39 is 11.7 Å². The van der Waals surface area contributed by atoms with Gasteiger partial charge in [-0.25, -0.2) is 4.98 Å². The largest absolute Gasteiger partial charge is 0.416 e. The number of hydrogen-bond donors (Lipinski definition) is 1. The van der Waals surface area contributed by atoms with E-state index in [4.69, 9.17) is 0 Å². The third-order valence-electron chi connectivity index (χ3n) is 3.46. The van der Waals surface area contributed by atoms with E-state index in [1.54, 1.807) is 0 Å². The Kier molecular flexibility index (Phi) is 3.78. The van der Waals surface area contributed by atoms with E-state index in [1.165, 1.54) is 6.20 Å². The molecular formula is C13H17F3N2. The molecule has 18 heavy (non-hydrogen) atoms. The van der Waals surface area contributed by atoms with Gasteiger partial charge in [0.25, 0.3) is 0 Å². The summed E-state index contributed by atoms with van der Waals surface area (Å²) in [4.78, 5) is 3.95. The predicted octanol–water partition coefficient (Wildman–Crippen LogP) is 4.09. The first-order chi connectivity index (χ1) is 8.45. The van der Waals surface area contributed by atoms with Gasteiger partial charge in [0.15, 0.2) is 0 Å². The molecule has 5 heteroatoms. The Labute approximate surface area is 105 Å². The molecule has 1 aliphatic carbocycles. The summed E-state index contributed by atoms with van der Waals surface area (Å²) in [5.41, 5.74) is -0.649. The molecule has 1 saturated carbocycles. The summed E-state index contributed by atoms with van der Waals surface area (Å²) < 4.78 is 37.6. The molecule has 0 saturated heterocycles. The van der Waals surface area contributed by atoms with Gasteiger partial charge in [0, 0.05) is 12.2 Å². The van der Waals surface area contributed by atoms with Gasteiger partial charge in [-0.15, -0.1) is 0 Å². The minimum atomic E-state index is -4.31. The molecule has 1 aliphatic rings. The van der Waals surface area contributed by atoms with E-state index >= 15 is 0 Å². The van der Waals surface area contributed by atoms with Gasteiger partial charge in [0.05, 0.1) is 5.56 Å². The molecule has 0 amide bonds. The molecule has 0 unspecified atom stereocenters. The van der Waals surface area contributed by atoms with Crippen molar-refractivity contribution in [1.29, 1.82) is 0 Å². The molecule has 1 fully saturated rings. The second-order valence-corrected chi connectivity index (χ2v) is 5.03. The van der Waals surface area contributed by atoms with Crippen molar-refractivity contribution in [2.45, 2.75) is 44.8 Å². The molecule has 1 heterocycles. The Morgan fingerprint density at radius 1 is 1.22 bits per heavy atom. The van der Waals surface area contributed by atoms with Crippen molar-refractivity contribution in [3.8, 4) is 0 Å². The van der Waals surface area contributed by atoms with Crippen molar-refractivity contribution < 1.29 is 13.2 Å². The maximum Gasteiger partial charge on any atom is 0.416 e. The zero-order chi connectivity index (χ0) is 13.2. The number of nitrogens with one attached hydrogen (secondary N) is 1. The van der Waals surface area contributed by atoms with Crippen LogP contribution in [-0.2, 0) is 6.18 Å². The molecule has 0 atom stereocenters. The van der Waals surface area contributed by atoms with Crippen LogP contribution in [0.4, 0.5) is 19.0 Å². The van der Waals surface area contributed by atoms with Gasteiger partial charge < -0.3 is 5.32 Å². The van der Waals surface area contributed by atoms with Gasteiger partial charge in [0.1, 0.15) is 5.82 Å². The number of halogens is 3. The third-order valence-corrected chi connectivity index (χ3v) is 3.46. The zero-order valence-corrected chi connectivity index (χ0v) is 10.3. The van der Waals surface area contributed by atoms with Gasteiger partial charge in [-0.2, -0.15) is 13.2 Å². The maximum absolute atomic E-state index is 12.5. The monoisotopic (exact) mass is 258 g/mol. The smallest absolute Gasteiger partial charge is 0.367 e. The highest BCUT2D eigenvalue weighted by Gasteiger charge is 2.31. The number of pyridine rings is 1. The highest BCUT2D eigenvalue weighted by atomic mass is 19.4. The number of hydrogen-bond acceptors (Lipinski definition) is 2. The Balaban J connectivity index is 2.01. The Hall–Kier alpha value is -1.26. The topological polar surface area (TPSA) is 24.9 Å². The van der Waals surface area contributed by atoms with Gasteiger partial charge in [-0.1, -0.05) is 6.92 Å². The summed E-state index contributed by atoms with van der Waals surface area (Å²) in [7, 11) is 0. The molecule has 0 aromatic carbocycles. The highest BCUT2D eigenvalue weighted by Crippen LogP contribution is 2.31. The van der Waals surface area contributed by atoms with Crippen LogP contribution >= 0.6 is 0 Å². The molecule has 2 rings (SSSR count). The van der Waals surface area contributed by atoms with Crippen molar-refractivity contribution >= 4 is 5.82 Å². The fourth-order valence-corrected chi connectivity index (χ4v) is 2.30.